The largest absolute Gasteiger partial charge is 0.496 e. The standard InChI is InChI=1S/C14H16O/c1-3-6-11-9-10-12-7-4-5-8-13(15-2)14(11)12/h4-5,7-10H,3,6H2,1-2H3. The molecule has 0 aromatic rings. The van der Waals surface area contributed by atoms with Crippen molar-refractivity contribution in [1.29, 1.82) is 0 Å². The average molecular weight is 200 g/mol. The number of fused-ring (bicyclic) bond motifs is 1. The van der Waals surface area contributed by atoms with Gasteiger partial charge < -0.3 is 4.74 Å². The van der Waals surface area contributed by atoms with E-state index in [0.29, 0.717) is 0 Å². The fourth-order valence-corrected chi connectivity index (χ4v) is 2.02. The second-order valence-electron chi connectivity index (χ2n) is 3.73. The molecule has 2 aliphatic carbocycles. The zero-order valence-electron chi connectivity index (χ0n) is 9.29. The van der Waals surface area contributed by atoms with Crippen molar-refractivity contribution >= 4 is 0 Å². The van der Waals surface area contributed by atoms with E-state index in [2.05, 4.69) is 31.2 Å². The number of hydrogen-bond acceptors (Lipinski definition) is 1. The summed E-state index contributed by atoms with van der Waals surface area (Å²) in [5.41, 5.74) is 3.92. The lowest BCUT2D eigenvalue weighted by Crippen LogP contribution is -1.87. The van der Waals surface area contributed by atoms with Gasteiger partial charge in [0.2, 0.25) is 0 Å². The van der Waals surface area contributed by atoms with Crippen molar-refractivity contribution in [1.82, 2.24) is 0 Å². The summed E-state index contributed by atoms with van der Waals surface area (Å²) < 4.78 is 5.43. The van der Waals surface area contributed by atoms with Crippen LogP contribution in [0.25, 0.3) is 11.1 Å². The minimum absolute atomic E-state index is 0.975. The third-order valence-corrected chi connectivity index (χ3v) is 2.69. The summed E-state index contributed by atoms with van der Waals surface area (Å²) in [7, 11) is 1.73. The molecular weight excluding hydrogens is 184 g/mol. The van der Waals surface area contributed by atoms with Crippen molar-refractivity contribution in [2.24, 2.45) is 0 Å². The first kappa shape index (κ1) is 10.0. The minimum Gasteiger partial charge on any atom is -0.496 e. The Morgan fingerprint density at radius 2 is 1.87 bits per heavy atom. The number of ether oxygens (including phenoxy) is 1. The molecule has 0 aromatic carbocycles. The van der Waals surface area contributed by atoms with Crippen LogP contribution in [0, 0.1) is 0 Å². The molecule has 2 aliphatic rings. The lowest BCUT2D eigenvalue weighted by molar-refractivity contribution is 0.416. The van der Waals surface area contributed by atoms with Crippen LogP contribution in [-0.4, -0.2) is 7.11 Å². The quantitative estimate of drug-likeness (QED) is 0.733. The molecule has 0 unspecified atom stereocenters. The van der Waals surface area contributed by atoms with E-state index >= 15 is 0 Å². The molecule has 1 nitrogen and oxygen atoms in total. The van der Waals surface area contributed by atoms with E-state index in [4.69, 9.17) is 4.74 Å². The average Bonchev–Trinajstić information content (AvgIpc) is 2.53. The molecule has 0 spiro atoms. The Morgan fingerprint density at radius 1 is 1.07 bits per heavy atom. The molecule has 2 rings (SSSR count). The van der Waals surface area contributed by atoms with Gasteiger partial charge in [-0.2, -0.15) is 0 Å². The Hall–Kier alpha value is -1.50. The van der Waals surface area contributed by atoms with Crippen LogP contribution in [0.4, 0.5) is 0 Å². The van der Waals surface area contributed by atoms with Crippen LogP contribution in [0.2, 0.25) is 0 Å². The molecule has 0 atom stereocenters. The molecule has 0 radical (unpaired) electrons. The predicted molar refractivity (Wildman–Crippen MR) is 63.6 cm³/mol. The summed E-state index contributed by atoms with van der Waals surface area (Å²) in [4.78, 5) is 0. The van der Waals surface area contributed by atoms with Crippen molar-refractivity contribution in [3.63, 3.8) is 0 Å². The first-order chi connectivity index (χ1) is 7.36. The van der Waals surface area contributed by atoms with Gasteiger partial charge in [-0.15, -0.1) is 0 Å². The molecule has 0 N–H and O–H groups in total. The van der Waals surface area contributed by atoms with Crippen molar-refractivity contribution < 1.29 is 4.74 Å². The molecule has 78 valence electrons. The number of rotatable bonds is 3. The van der Waals surface area contributed by atoms with Gasteiger partial charge in [0.25, 0.3) is 0 Å². The van der Waals surface area contributed by atoms with Crippen LogP contribution < -0.4 is 4.74 Å². The van der Waals surface area contributed by atoms with Crippen LogP contribution in [0.1, 0.15) is 18.9 Å². The van der Waals surface area contributed by atoms with Gasteiger partial charge >= 0.3 is 0 Å². The zero-order chi connectivity index (χ0) is 10.7. The molecule has 1 heteroatoms. The van der Waals surface area contributed by atoms with E-state index < -0.39 is 0 Å². The maximum absolute atomic E-state index is 5.43. The second-order valence-corrected chi connectivity index (χ2v) is 3.73. The summed E-state index contributed by atoms with van der Waals surface area (Å²) in [6.07, 6.45) is 2.28. The van der Waals surface area contributed by atoms with Gasteiger partial charge in [0.05, 0.1) is 7.11 Å². The molecule has 0 aromatic heterocycles. The number of methoxy groups -OCH3 is 1. The highest BCUT2D eigenvalue weighted by molar-refractivity contribution is 5.76. The molecule has 0 bridgehead atoms. The number of aryl methyl sites for hydroxylation is 1. The van der Waals surface area contributed by atoms with Crippen LogP contribution in [0.3, 0.4) is 0 Å². The van der Waals surface area contributed by atoms with Crippen molar-refractivity contribution in [3.05, 3.63) is 42.0 Å². The Labute approximate surface area is 91.0 Å². The van der Waals surface area contributed by atoms with Gasteiger partial charge in [-0.3, -0.25) is 0 Å². The van der Waals surface area contributed by atoms with Crippen molar-refractivity contribution in [2.45, 2.75) is 19.8 Å². The molecule has 0 fully saturated rings. The maximum Gasteiger partial charge on any atom is 0.126 e. The maximum atomic E-state index is 5.43. The highest BCUT2D eigenvalue weighted by atomic mass is 16.5. The van der Waals surface area contributed by atoms with Crippen LogP contribution in [0.5, 0.6) is 5.75 Å². The normalized spacial score (nSPS) is 10.5. The Kier molecular flexibility index (Phi) is 2.91. The fourth-order valence-electron chi connectivity index (χ4n) is 2.02. The number of hydrogen-bond donors (Lipinski definition) is 0. The van der Waals surface area contributed by atoms with E-state index in [1.807, 2.05) is 12.1 Å². The summed E-state index contributed by atoms with van der Waals surface area (Å²) in [5.74, 6) is 0.975. The van der Waals surface area contributed by atoms with Gasteiger partial charge in [0, 0.05) is 5.56 Å². The molecule has 0 aliphatic heterocycles. The van der Waals surface area contributed by atoms with Gasteiger partial charge in [0.15, 0.2) is 0 Å². The highest BCUT2D eigenvalue weighted by Gasteiger charge is 2.12. The molecule has 0 saturated heterocycles. The zero-order valence-corrected chi connectivity index (χ0v) is 9.29. The van der Waals surface area contributed by atoms with Crippen LogP contribution in [-0.2, 0) is 6.42 Å². The molecule has 15 heavy (non-hydrogen) atoms. The first-order valence-corrected chi connectivity index (χ1v) is 5.41. The molecule has 0 heterocycles. The third kappa shape index (κ3) is 1.82. The Balaban J connectivity index is 2.59. The van der Waals surface area contributed by atoms with Crippen LogP contribution >= 0.6 is 0 Å². The van der Waals surface area contributed by atoms with Crippen LogP contribution in [0.15, 0.2) is 36.4 Å². The van der Waals surface area contributed by atoms with Gasteiger partial charge in [0.1, 0.15) is 5.75 Å². The lowest BCUT2D eigenvalue weighted by Gasteiger charge is -2.05. The van der Waals surface area contributed by atoms with Crippen molar-refractivity contribution in [3.8, 4) is 16.9 Å². The first-order valence-electron chi connectivity index (χ1n) is 5.41. The lowest BCUT2D eigenvalue weighted by atomic mass is 10.1. The molecular formula is C14H16O. The predicted octanol–water partition coefficient (Wildman–Crippen LogP) is 3.75. The Bertz CT molecular complexity index is 420. The summed E-state index contributed by atoms with van der Waals surface area (Å²) in [5, 5.41) is 0. The van der Waals surface area contributed by atoms with E-state index in [0.717, 1.165) is 12.2 Å². The van der Waals surface area contributed by atoms with Gasteiger partial charge in [-0.25, -0.2) is 0 Å². The van der Waals surface area contributed by atoms with Gasteiger partial charge in [-0.1, -0.05) is 43.7 Å². The summed E-state index contributed by atoms with van der Waals surface area (Å²) >= 11 is 0. The molecule has 0 amide bonds. The smallest absolute Gasteiger partial charge is 0.126 e. The summed E-state index contributed by atoms with van der Waals surface area (Å²) in [6.45, 7) is 2.20. The molecule has 0 saturated carbocycles. The summed E-state index contributed by atoms with van der Waals surface area (Å²) in [6, 6.07) is 12.6. The monoisotopic (exact) mass is 200 g/mol. The third-order valence-electron chi connectivity index (χ3n) is 2.69. The van der Waals surface area contributed by atoms with Gasteiger partial charge in [-0.05, 0) is 23.6 Å². The minimum atomic E-state index is 0.975. The Morgan fingerprint density at radius 3 is 2.60 bits per heavy atom. The second kappa shape index (κ2) is 4.35. The van der Waals surface area contributed by atoms with E-state index in [9.17, 15) is 0 Å². The highest BCUT2D eigenvalue weighted by Crippen LogP contribution is 2.35. The van der Waals surface area contributed by atoms with Crippen molar-refractivity contribution in [2.75, 3.05) is 7.11 Å². The van der Waals surface area contributed by atoms with E-state index in [-0.39, 0.29) is 0 Å². The fraction of sp³-hybridized carbons (Fsp3) is 0.286. The SMILES string of the molecule is CCCc1ccc2ccccc(OC)c1-2. The topological polar surface area (TPSA) is 9.23 Å². The van der Waals surface area contributed by atoms with E-state index in [1.54, 1.807) is 7.11 Å². The van der Waals surface area contributed by atoms with E-state index in [1.165, 1.54) is 23.1 Å².